The van der Waals surface area contributed by atoms with Crippen LogP contribution < -0.4 is 15.5 Å². The molecule has 2 fully saturated rings. The maximum absolute atomic E-state index is 12.8. The van der Waals surface area contributed by atoms with Crippen LogP contribution in [0, 0.1) is 0 Å². The van der Waals surface area contributed by atoms with Crippen molar-refractivity contribution in [3.8, 4) is 11.1 Å². The summed E-state index contributed by atoms with van der Waals surface area (Å²) in [5, 5.41) is 6.27. The first-order valence-corrected chi connectivity index (χ1v) is 13.6. The second kappa shape index (κ2) is 12.7. The number of pyridine rings is 1. The van der Waals surface area contributed by atoms with Crippen molar-refractivity contribution in [2.75, 3.05) is 62.6 Å². The average Bonchev–Trinajstić information content (AvgIpc) is 2.96. The zero-order valence-electron chi connectivity index (χ0n) is 21.6. The zero-order chi connectivity index (χ0) is 25.3. The monoisotopic (exact) mass is 498 g/mol. The maximum Gasteiger partial charge on any atom is 0.319 e. The molecular weight excluding hydrogens is 460 g/mol. The van der Waals surface area contributed by atoms with Crippen LogP contribution in [-0.2, 0) is 0 Å². The summed E-state index contributed by atoms with van der Waals surface area (Å²) in [6.07, 6.45) is 6.94. The average molecular weight is 499 g/mol. The van der Waals surface area contributed by atoms with Gasteiger partial charge in [-0.1, -0.05) is 48.5 Å². The highest BCUT2D eigenvalue weighted by Crippen LogP contribution is 2.27. The van der Waals surface area contributed by atoms with Crippen LogP contribution in [-0.4, -0.2) is 79.2 Å². The number of anilines is 2. The molecule has 0 atom stereocenters. The summed E-state index contributed by atoms with van der Waals surface area (Å²) in [4.78, 5) is 24.5. The number of nitrogens with zero attached hydrogens (tertiary/aromatic N) is 4. The van der Waals surface area contributed by atoms with Crippen molar-refractivity contribution in [2.24, 2.45) is 0 Å². The molecule has 1 aromatic heterocycles. The highest BCUT2D eigenvalue weighted by atomic mass is 16.2. The Morgan fingerprint density at radius 1 is 0.784 bits per heavy atom. The van der Waals surface area contributed by atoms with Gasteiger partial charge in [0.05, 0.1) is 5.69 Å². The molecule has 2 amide bonds. The number of nitrogens with one attached hydrogen (secondary N) is 2. The molecule has 0 spiro atoms. The number of hydrogen-bond acceptors (Lipinski definition) is 5. The number of hydrogen-bond donors (Lipinski definition) is 2. The standard InChI is InChI=1S/C30H38N6O/c37-30(33-29-10-5-4-9-28(29)25-7-2-1-3-8-25)32-26-13-19-34(20-14-26)17-6-18-35-21-23-36(24-22-35)27-11-15-31-16-12-27/h1-5,7-12,15-16,26H,6,13-14,17-24H2,(H2,32,33,37). The molecule has 2 N–H and O–H groups in total. The molecule has 7 nitrogen and oxygen atoms in total. The minimum Gasteiger partial charge on any atom is -0.369 e. The molecule has 0 saturated carbocycles. The number of piperazine rings is 1. The number of piperidine rings is 1. The van der Waals surface area contributed by atoms with Crippen LogP contribution in [0.25, 0.3) is 11.1 Å². The fourth-order valence-electron chi connectivity index (χ4n) is 5.41. The quantitative estimate of drug-likeness (QED) is 0.477. The summed E-state index contributed by atoms with van der Waals surface area (Å²) < 4.78 is 0. The normalized spacial score (nSPS) is 17.5. The van der Waals surface area contributed by atoms with Crippen LogP contribution in [0.15, 0.2) is 79.1 Å². The SMILES string of the molecule is O=C(Nc1ccccc1-c1ccccc1)NC1CCN(CCCN2CCN(c3ccncc3)CC2)CC1. The first kappa shape index (κ1) is 25.2. The molecule has 3 aromatic rings. The third kappa shape index (κ3) is 7.08. The summed E-state index contributed by atoms with van der Waals surface area (Å²) in [6, 6.07) is 22.4. The molecule has 194 valence electrons. The van der Waals surface area contributed by atoms with Gasteiger partial charge in [0.2, 0.25) is 0 Å². The van der Waals surface area contributed by atoms with Crippen LogP contribution in [0.4, 0.5) is 16.2 Å². The molecule has 7 heteroatoms. The van der Waals surface area contributed by atoms with E-state index in [9.17, 15) is 4.79 Å². The van der Waals surface area contributed by atoms with Gasteiger partial charge in [-0.3, -0.25) is 9.88 Å². The number of likely N-dealkylation sites (tertiary alicyclic amines) is 1. The number of carbonyl (C=O) groups is 1. The Morgan fingerprint density at radius 3 is 2.16 bits per heavy atom. The molecular formula is C30H38N6O. The van der Waals surface area contributed by atoms with Crippen molar-refractivity contribution in [2.45, 2.75) is 25.3 Å². The lowest BCUT2D eigenvalue weighted by atomic mass is 10.0. The fourth-order valence-corrected chi connectivity index (χ4v) is 5.41. The molecule has 0 aliphatic carbocycles. The number of para-hydroxylation sites is 1. The molecule has 0 radical (unpaired) electrons. The minimum atomic E-state index is -0.118. The lowest BCUT2D eigenvalue weighted by Gasteiger charge is -2.37. The van der Waals surface area contributed by atoms with Crippen LogP contribution in [0.2, 0.25) is 0 Å². The largest absolute Gasteiger partial charge is 0.369 e. The fraction of sp³-hybridized carbons (Fsp3) is 0.400. The molecule has 2 saturated heterocycles. The van der Waals surface area contributed by atoms with E-state index in [-0.39, 0.29) is 12.1 Å². The summed E-state index contributed by atoms with van der Waals surface area (Å²) in [7, 11) is 0. The van der Waals surface area contributed by atoms with Gasteiger partial charge in [0, 0.05) is 69.0 Å². The first-order valence-electron chi connectivity index (χ1n) is 13.6. The number of carbonyl (C=O) groups excluding carboxylic acids is 1. The van der Waals surface area contributed by atoms with Crippen molar-refractivity contribution in [1.82, 2.24) is 20.1 Å². The van der Waals surface area contributed by atoms with E-state index in [1.165, 1.54) is 12.1 Å². The number of rotatable bonds is 8. The molecule has 37 heavy (non-hydrogen) atoms. The smallest absolute Gasteiger partial charge is 0.319 e. The lowest BCUT2D eigenvalue weighted by Crippen LogP contribution is -2.48. The lowest BCUT2D eigenvalue weighted by molar-refractivity contribution is 0.179. The second-order valence-electron chi connectivity index (χ2n) is 10.0. The summed E-state index contributed by atoms with van der Waals surface area (Å²) in [6.45, 7) is 8.79. The Morgan fingerprint density at radius 2 is 1.43 bits per heavy atom. The number of aromatic nitrogens is 1. The molecule has 2 aliphatic heterocycles. The van der Waals surface area contributed by atoms with Gasteiger partial charge in [0.25, 0.3) is 0 Å². The number of urea groups is 1. The van der Waals surface area contributed by atoms with E-state index < -0.39 is 0 Å². The Labute approximate surface area is 220 Å². The molecule has 5 rings (SSSR count). The molecule has 0 unspecified atom stereocenters. The third-order valence-corrected chi connectivity index (χ3v) is 7.53. The summed E-state index contributed by atoms with van der Waals surface area (Å²) >= 11 is 0. The Balaban J connectivity index is 0.991. The van der Waals surface area contributed by atoms with Gasteiger partial charge in [0.1, 0.15) is 0 Å². The van der Waals surface area contributed by atoms with Gasteiger partial charge in [0.15, 0.2) is 0 Å². The second-order valence-corrected chi connectivity index (χ2v) is 10.0. The summed E-state index contributed by atoms with van der Waals surface area (Å²) in [5.41, 5.74) is 4.25. The van der Waals surface area contributed by atoms with Gasteiger partial charge in [-0.05, 0) is 56.1 Å². The van der Waals surface area contributed by atoms with Crippen molar-refractivity contribution in [3.05, 3.63) is 79.1 Å². The topological polar surface area (TPSA) is 63.7 Å². The third-order valence-electron chi connectivity index (χ3n) is 7.53. The van der Waals surface area contributed by atoms with Gasteiger partial charge >= 0.3 is 6.03 Å². The van der Waals surface area contributed by atoms with Crippen molar-refractivity contribution < 1.29 is 4.79 Å². The van der Waals surface area contributed by atoms with E-state index in [2.05, 4.69) is 54.6 Å². The Hall–Kier alpha value is -3.42. The van der Waals surface area contributed by atoms with Gasteiger partial charge in [-0.25, -0.2) is 4.79 Å². The van der Waals surface area contributed by atoms with E-state index in [1.54, 1.807) is 0 Å². The van der Waals surface area contributed by atoms with Gasteiger partial charge < -0.3 is 20.4 Å². The highest BCUT2D eigenvalue weighted by Gasteiger charge is 2.22. The van der Waals surface area contributed by atoms with Crippen LogP contribution >= 0.6 is 0 Å². The molecule has 2 aliphatic rings. The van der Waals surface area contributed by atoms with Gasteiger partial charge in [-0.2, -0.15) is 0 Å². The minimum absolute atomic E-state index is 0.118. The molecule has 3 heterocycles. The number of benzene rings is 2. The van der Waals surface area contributed by atoms with Crippen LogP contribution in [0.5, 0.6) is 0 Å². The summed E-state index contributed by atoms with van der Waals surface area (Å²) in [5.74, 6) is 0. The van der Waals surface area contributed by atoms with Gasteiger partial charge in [-0.15, -0.1) is 0 Å². The molecule has 2 aromatic carbocycles. The Kier molecular flexibility index (Phi) is 8.66. The van der Waals surface area contributed by atoms with Crippen LogP contribution in [0.1, 0.15) is 19.3 Å². The predicted molar refractivity (Wildman–Crippen MR) is 151 cm³/mol. The zero-order valence-corrected chi connectivity index (χ0v) is 21.6. The van der Waals surface area contributed by atoms with Crippen molar-refractivity contribution in [1.29, 1.82) is 0 Å². The highest BCUT2D eigenvalue weighted by molar-refractivity contribution is 5.94. The Bertz CT molecular complexity index is 1110. The van der Waals surface area contributed by atoms with E-state index in [0.29, 0.717) is 0 Å². The van der Waals surface area contributed by atoms with Crippen molar-refractivity contribution >= 4 is 17.4 Å². The predicted octanol–water partition coefficient (Wildman–Crippen LogP) is 4.55. The van der Waals surface area contributed by atoms with Crippen LogP contribution in [0.3, 0.4) is 0 Å². The van der Waals surface area contributed by atoms with E-state index in [1.807, 2.05) is 54.9 Å². The first-order chi connectivity index (χ1) is 18.2. The van der Waals surface area contributed by atoms with E-state index in [0.717, 1.165) is 82.0 Å². The van der Waals surface area contributed by atoms with Crippen molar-refractivity contribution in [3.63, 3.8) is 0 Å². The number of amides is 2. The van der Waals surface area contributed by atoms with E-state index in [4.69, 9.17) is 0 Å². The van der Waals surface area contributed by atoms with E-state index >= 15 is 0 Å². The molecule has 0 bridgehead atoms. The maximum atomic E-state index is 12.8.